The molecule has 4 heteroatoms. The van der Waals surface area contributed by atoms with Crippen LogP contribution in [0.4, 0.5) is 0 Å². The van der Waals surface area contributed by atoms with Crippen LogP contribution in [0.25, 0.3) is 0 Å². The summed E-state index contributed by atoms with van der Waals surface area (Å²) in [5, 5.41) is 3.61. The number of hydrogen-bond acceptors (Lipinski definition) is 3. The highest BCUT2D eigenvalue weighted by Gasteiger charge is 2.21. The first-order chi connectivity index (χ1) is 8.58. The van der Waals surface area contributed by atoms with Gasteiger partial charge in [0.2, 0.25) is 0 Å². The molecule has 0 radical (unpaired) electrons. The van der Waals surface area contributed by atoms with Crippen LogP contribution in [0.15, 0.2) is 34.9 Å². The first-order valence-electron chi connectivity index (χ1n) is 6.12. The summed E-state index contributed by atoms with van der Waals surface area (Å²) in [6.07, 6.45) is 1.71. The number of thiophene rings is 1. The van der Waals surface area contributed by atoms with Crippen molar-refractivity contribution in [2.75, 3.05) is 0 Å². The molecule has 0 spiro atoms. The molecule has 2 aromatic rings. The Morgan fingerprint density at radius 3 is 2.50 bits per heavy atom. The predicted molar refractivity (Wildman–Crippen MR) is 77.3 cm³/mol. The zero-order chi connectivity index (χ0) is 13.1. The van der Waals surface area contributed by atoms with Crippen molar-refractivity contribution in [2.24, 2.45) is 5.92 Å². The molecule has 18 heavy (non-hydrogen) atoms. The zero-order valence-corrected chi connectivity index (χ0v) is 12.4. The third-order valence-corrected chi connectivity index (χ3v) is 4.43. The van der Waals surface area contributed by atoms with Gasteiger partial charge in [-0.15, -0.1) is 11.3 Å². The Balaban J connectivity index is 2.24. The Labute approximate surface area is 117 Å². The van der Waals surface area contributed by atoms with E-state index >= 15 is 0 Å². The molecule has 98 valence electrons. The summed E-state index contributed by atoms with van der Waals surface area (Å²) in [4.78, 5) is 1.18. The summed E-state index contributed by atoms with van der Waals surface area (Å²) in [5.41, 5.74) is 0. The molecule has 0 aliphatic rings. The van der Waals surface area contributed by atoms with Crippen molar-refractivity contribution in [3.63, 3.8) is 0 Å². The molecule has 0 aliphatic heterocycles. The summed E-state index contributed by atoms with van der Waals surface area (Å²) < 4.78 is 6.35. The Hall–Kier alpha value is -0.770. The largest absolute Gasteiger partial charge is 0.467 e. The minimum Gasteiger partial charge on any atom is -0.467 e. The van der Waals surface area contributed by atoms with Crippen molar-refractivity contribution in [1.29, 1.82) is 0 Å². The molecule has 0 saturated carbocycles. The second kappa shape index (κ2) is 5.91. The number of furan rings is 1. The molecule has 0 saturated heterocycles. The second-order valence-electron chi connectivity index (χ2n) is 4.79. The smallest absolute Gasteiger partial charge is 0.126 e. The molecule has 0 bridgehead atoms. The van der Waals surface area contributed by atoms with Crippen LogP contribution in [0.3, 0.4) is 0 Å². The normalized spacial score (nSPS) is 14.9. The van der Waals surface area contributed by atoms with Crippen molar-refractivity contribution in [3.8, 4) is 0 Å². The van der Waals surface area contributed by atoms with Gasteiger partial charge in [-0.3, -0.25) is 0 Å². The fourth-order valence-corrected chi connectivity index (χ4v) is 2.83. The summed E-state index contributed by atoms with van der Waals surface area (Å²) in [6.45, 7) is 6.60. The first kappa shape index (κ1) is 13.7. The molecule has 0 aliphatic carbocycles. The number of hydrogen-bond donors (Lipinski definition) is 1. The molecular formula is C14H18ClNOS. The number of rotatable bonds is 5. The summed E-state index contributed by atoms with van der Waals surface area (Å²) >= 11 is 7.62. The lowest BCUT2D eigenvalue weighted by Crippen LogP contribution is -2.34. The van der Waals surface area contributed by atoms with E-state index in [1.54, 1.807) is 17.6 Å². The minimum absolute atomic E-state index is 0.0786. The van der Waals surface area contributed by atoms with E-state index in [9.17, 15) is 0 Å². The lowest BCUT2D eigenvalue weighted by atomic mass is 10.0. The molecule has 2 atom stereocenters. The van der Waals surface area contributed by atoms with E-state index < -0.39 is 0 Å². The molecule has 2 unspecified atom stereocenters. The summed E-state index contributed by atoms with van der Waals surface area (Å²) in [6, 6.07) is 8.38. The Bertz CT molecular complexity index is 478. The average Bonchev–Trinajstić information content (AvgIpc) is 2.96. The van der Waals surface area contributed by atoms with Crippen molar-refractivity contribution in [3.05, 3.63) is 45.5 Å². The van der Waals surface area contributed by atoms with Crippen LogP contribution in [0.5, 0.6) is 0 Å². The maximum atomic E-state index is 6.03. The predicted octanol–water partition coefficient (Wildman–Crippen LogP) is 4.72. The topological polar surface area (TPSA) is 25.2 Å². The fourth-order valence-electron chi connectivity index (χ4n) is 1.70. The lowest BCUT2D eigenvalue weighted by Gasteiger charge is -2.23. The molecule has 0 amide bonds. The van der Waals surface area contributed by atoms with E-state index in [0.717, 1.165) is 10.1 Å². The highest BCUT2D eigenvalue weighted by molar-refractivity contribution is 7.16. The van der Waals surface area contributed by atoms with Gasteiger partial charge in [0, 0.05) is 10.9 Å². The Morgan fingerprint density at radius 1 is 1.22 bits per heavy atom. The van der Waals surface area contributed by atoms with Gasteiger partial charge in [-0.05, 0) is 37.1 Å². The molecular weight excluding hydrogens is 266 g/mol. The van der Waals surface area contributed by atoms with Crippen LogP contribution in [-0.4, -0.2) is 6.04 Å². The van der Waals surface area contributed by atoms with Crippen molar-refractivity contribution < 1.29 is 4.42 Å². The van der Waals surface area contributed by atoms with Gasteiger partial charge in [0.05, 0.1) is 10.6 Å². The average molecular weight is 284 g/mol. The first-order valence-corrected chi connectivity index (χ1v) is 7.32. The summed E-state index contributed by atoms with van der Waals surface area (Å²) in [5.74, 6) is 1.50. The van der Waals surface area contributed by atoms with Gasteiger partial charge in [-0.1, -0.05) is 25.4 Å². The van der Waals surface area contributed by atoms with Crippen LogP contribution >= 0.6 is 22.9 Å². The maximum Gasteiger partial charge on any atom is 0.126 e. The number of nitrogens with one attached hydrogen (secondary N) is 1. The van der Waals surface area contributed by atoms with Crippen molar-refractivity contribution in [2.45, 2.75) is 32.9 Å². The van der Waals surface area contributed by atoms with E-state index in [1.165, 1.54) is 4.88 Å². The zero-order valence-electron chi connectivity index (χ0n) is 10.8. The van der Waals surface area contributed by atoms with Crippen LogP contribution in [-0.2, 0) is 0 Å². The number of halogens is 1. The Kier molecular flexibility index (Phi) is 4.49. The maximum absolute atomic E-state index is 6.03. The standard InChI is InChI=1S/C14H18ClNOS/c1-9(2)10(3)16-14(11-5-4-8-17-11)12-6-7-13(15)18-12/h4-10,14,16H,1-3H3. The van der Waals surface area contributed by atoms with Gasteiger partial charge in [-0.25, -0.2) is 0 Å². The van der Waals surface area contributed by atoms with E-state index in [2.05, 4.69) is 32.2 Å². The SMILES string of the molecule is CC(C)C(C)NC(c1ccco1)c1ccc(Cl)s1. The van der Waals surface area contributed by atoms with Gasteiger partial charge in [-0.2, -0.15) is 0 Å². The van der Waals surface area contributed by atoms with Gasteiger partial charge in [0.25, 0.3) is 0 Å². The highest BCUT2D eigenvalue weighted by Crippen LogP contribution is 2.32. The van der Waals surface area contributed by atoms with E-state index in [1.807, 2.05) is 18.2 Å². The third-order valence-electron chi connectivity index (χ3n) is 3.14. The van der Waals surface area contributed by atoms with Gasteiger partial charge < -0.3 is 9.73 Å². The molecule has 0 fully saturated rings. The molecule has 2 aromatic heterocycles. The second-order valence-corrected chi connectivity index (χ2v) is 6.54. The van der Waals surface area contributed by atoms with Crippen molar-refractivity contribution >= 4 is 22.9 Å². The summed E-state index contributed by atoms with van der Waals surface area (Å²) in [7, 11) is 0. The fraction of sp³-hybridized carbons (Fsp3) is 0.429. The lowest BCUT2D eigenvalue weighted by molar-refractivity contribution is 0.366. The molecule has 2 heterocycles. The van der Waals surface area contributed by atoms with Crippen molar-refractivity contribution in [1.82, 2.24) is 5.32 Å². The monoisotopic (exact) mass is 283 g/mol. The molecule has 1 N–H and O–H groups in total. The van der Waals surface area contributed by atoms with Gasteiger partial charge in [0.1, 0.15) is 11.8 Å². The van der Waals surface area contributed by atoms with Crippen LogP contribution in [0.2, 0.25) is 4.34 Å². The highest BCUT2D eigenvalue weighted by atomic mass is 35.5. The molecule has 0 aromatic carbocycles. The van der Waals surface area contributed by atoms with E-state index in [0.29, 0.717) is 12.0 Å². The molecule has 2 nitrogen and oxygen atoms in total. The third kappa shape index (κ3) is 3.16. The van der Waals surface area contributed by atoms with E-state index in [-0.39, 0.29) is 6.04 Å². The Morgan fingerprint density at radius 2 is 2.00 bits per heavy atom. The van der Waals surface area contributed by atoms with Crippen LogP contribution in [0, 0.1) is 5.92 Å². The van der Waals surface area contributed by atoms with Gasteiger partial charge in [0.15, 0.2) is 0 Å². The molecule has 2 rings (SSSR count). The van der Waals surface area contributed by atoms with Crippen LogP contribution in [0.1, 0.15) is 37.5 Å². The van der Waals surface area contributed by atoms with Crippen LogP contribution < -0.4 is 5.32 Å². The quantitative estimate of drug-likeness (QED) is 0.859. The van der Waals surface area contributed by atoms with Gasteiger partial charge >= 0.3 is 0 Å². The minimum atomic E-state index is 0.0786. The van der Waals surface area contributed by atoms with E-state index in [4.69, 9.17) is 16.0 Å².